The van der Waals surface area contributed by atoms with E-state index >= 15 is 0 Å². The molecular weight excluding hydrogens is 413 g/mol. The lowest BCUT2D eigenvalue weighted by Gasteiger charge is -2.22. The molecule has 0 saturated heterocycles. The molecule has 0 radical (unpaired) electrons. The van der Waals surface area contributed by atoms with Gasteiger partial charge in [0.05, 0.1) is 13.1 Å². The molecule has 0 unspecified atom stereocenters. The van der Waals surface area contributed by atoms with Gasteiger partial charge in [0.15, 0.2) is 5.76 Å². The van der Waals surface area contributed by atoms with Crippen LogP contribution >= 0.6 is 0 Å². The van der Waals surface area contributed by atoms with Crippen LogP contribution in [0.5, 0.6) is 0 Å². The van der Waals surface area contributed by atoms with E-state index in [0.29, 0.717) is 25.4 Å². The standard InChI is InChI=1S/C24H28FN3O4/c1-3-12-28(23(29)17-31-2)15-20-5-4-13-27(20)16-21-10-11-22(32-21)24(30)26-14-18-6-8-19(25)9-7-18/h4-11,13H,3,12,14-17H2,1-2H3,(H,26,30). The molecule has 32 heavy (non-hydrogen) atoms. The molecule has 2 heterocycles. The van der Waals surface area contributed by atoms with Crippen molar-refractivity contribution in [1.82, 2.24) is 14.8 Å². The van der Waals surface area contributed by atoms with E-state index in [9.17, 15) is 14.0 Å². The first-order chi connectivity index (χ1) is 15.5. The zero-order valence-corrected chi connectivity index (χ0v) is 18.3. The summed E-state index contributed by atoms with van der Waals surface area (Å²) in [6.45, 7) is 3.90. The van der Waals surface area contributed by atoms with Crippen molar-refractivity contribution in [3.63, 3.8) is 0 Å². The Bertz CT molecular complexity index is 1030. The first-order valence-corrected chi connectivity index (χ1v) is 10.5. The fraction of sp³-hybridized carbons (Fsp3) is 0.333. The van der Waals surface area contributed by atoms with Gasteiger partial charge in [0, 0.05) is 32.1 Å². The van der Waals surface area contributed by atoms with Gasteiger partial charge in [-0.25, -0.2) is 4.39 Å². The fourth-order valence-electron chi connectivity index (χ4n) is 3.34. The van der Waals surface area contributed by atoms with Crippen molar-refractivity contribution in [3.05, 3.63) is 83.3 Å². The van der Waals surface area contributed by atoms with Gasteiger partial charge in [-0.15, -0.1) is 0 Å². The third-order valence-corrected chi connectivity index (χ3v) is 4.97. The number of nitrogens with zero attached hydrogens (tertiary/aromatic N) is 2. The molecule has 1 aromatic carbocycles. The monoisotopic (exact) mass is 441 g/mol. The maximum absolute atomic E-state index is 13.0. The third-order valence-electron chi connectivity index (χ3n) is 4.97. The van der Waals surface area contributed by atoms with E-state index in [-0.39, 0.29) is 36.5 Å². The van der Waals surface area contributed by atoms with Crippen LogP contribution in [0, 0.1) is 5.82 Å². The summed E-state index contributed by atoms with van der Waals surface area (Å²) in [5, 5.41) is 2.76. The Labute approximate surface area is 186 Å². The van der Waals surface area contributed by atoms with Gasteiger partial charge in [-0.2, -0.15) is 0 Å². The molecule has 3 aromatic rings. The lowest BCUT2D eigenvalue weighted by molar-refractivity contribution is -0.135. The molecule has 3 rings (SSSR count). The van der Waals surface area contributed by atoms with E-state index in [0.717, 1.165) is 17.7 Å². The number of benzene rings is 1. The minimum atomic E-state index is -0.340. The molecule has 0 spiro atoms. The predicted molar refractivity (Wildman–Crippen MR) is 117 cm³/mol. The maximum atomic E-state index is 13.0. The Morgan fingerprint density at radius 2 is 1.94 bits per heavy atom. The molecule has 7 nitrogen and oxygen atoms in total. The number of methoxy groups -OCH3 is 1. The minimum absolute atomic E-state index is 0.0509. The SMILES string of the molecule is CCCN(Cc1cccn1Cc1ccc(C(=O)NCc2ccc(F)cc2)o1)C(=O)COC. The van der Waals surface area contributed by atoms with E-state index in [4.69, 9.17) is 9.15 Å². The topological polar surface area (TPSA) is 76.7 Å². The van der Waals surface area contributed by atoms with Gasteiger partial charge in [-0.3, -0.25) is 9.59 Å². The van der Waals surface area contributed by atoms with E-state index in [1.54, 1.807) is 29.2 Å². The number of carbonyl (C=O) groups excluding carboxylic acids is 2. The van der Waals surface area contributed by atoms with Crippen LogP contribution in [0.25, 0.3) is 0 Å². The number of aromatic nitrogens is 1. The Balaban J connectivity index is 1.60. The fourth-order valence-corrected chi connectivity index (χ4v) is 3.34. The number of halogens is 1. The van der Waals surface area contributed by atoms with Gasteiger partial charge < -0.3 is 23.9 Å². The number of amides is 2. The van der Waals surface area contributed by atoms with Crippen molar-refractivity contribution >= 4 is 11.8 Å². The maximum Gasteiger partial charge on any atom is 0.287 e. The minimum Gasteiger partial charge on any atom is -0.454 e. The zero-order chi connectivity index (χ0) is 22.9. The number of rotatable bonds is 11. The molecule has 0 saturated carbocycles. The number of hydrogen-bond acceptors (Lipinski definition) is 4. The largest absolute Gasteiger partial charge is 0.454 e. The molecular formula is C24H28FN3O4. The molecule has 0 bridgehead atoms. The molecule has 0 aliphatic carbocycles. The third kappa shape index (κ3) is 6.31. The van der Waals surface area contributed by atoms with Crippen LogP contribution in [0.1, 0.15) is 40.9 Å². The normalized spacial score (nSPS) is 10.8. The van der Waals surface area contributed by atoms with Crippen molar-refractivity contribution in [1.29, 1.82) is 0 Å². The lowest BCUT2D eigenvalue weighted by Crippen LogP contribution is -2.34. The van der Waals surface area contributed by atoms with Crippen LogP contribution in [0.3, 0.4) is 0 Å². The van der Waals surface area contributed by atoms with Crippen molar-refractivity contribution in [3.8, 4) is 0 Å². The Morgan fingerprint density at radius 1 is 1.16 bits per heavy atom. The summed E-state index contributed by atoms with van der Waals surface area (Å²) in [5.74, 6) is 0.118. The number of ether oxygens (including phenoxy) is 1. The second kappa shape index (κ2) is 11.3. The summed E-state index contributed by atoms with van der Waals surface area (Å²) in [6.07, 6.45) is 2.77. The molecule has 2 amide bonds. The van der Waals surface area contributed by atoms with Crippen LogP contribution in [0.4, 0.5) is 4.39 Å². The van der Waals surface area contributed by atoms with Gasteiger partial charge in [-0.1, -0.05) is 19.1 Å². The highest BCUT2D eigenvalue weighted by atomic mass is 19.1. The van der Waals surface area contributed by atoms with E-state index in [1.165, 1.54) is 19.2 Å². The van der Waals surface area contributed by atoms with Crippen LogP contribution in [-0.2, 0) is 29.2 Å². The van der Waals surface area contributed by atoms with Gasteiger partial charge in [0.1, 0.15) is 18.2 Å². The van der Waals surface area contributed by atoms with E-state index in [1.807, 2.05) is 29.8 Å². The number of carbonyl (C=O) groups is 2. The highest BCUT2D eigenvalue weighted by Gasteiger charge is 2.16. The molecule has 0 aliphatic heterocycles. The number of nitrogens with one attached hydrogen (secondary N) is 1. The summed E-state index contributed by atoms with van der Waals surface area (Å²) in [5.41, 5.74) is 1.75. The highest BCUT2D eigenvalue weighted by molar-refractivity contribution is 5.91. The van der Waals surface area contributed by atoms with Gasteiger partial charge in [-0.05, 0) is 48.4 Å². The lowest BCUT2D eigenvalue weighted by atomic mass is 10.2. The Kier molecular flexibility index (Phi) is 8.21. The first-order valence-electron chi connectivity index (χ1n) is 10.5. The van der Waals surface area contributed by atoms with E-state index < -0.39 is 0 Å². The molecule has 170 valence electrons. The van der Waals surface area contributed by atoms with Gasteiger partial charge >= 0.3 is 0 Å². The van der Waals surface area contributed by atoms with Crippen LogP contribution < -0.4 is 5.32 Å². The summed E-state index contributed by atoms with van der Waals surface area (Å²) in [7, 11) is 1.51. The van der Waals surface area contributed by atoms with Gasteiger partial charge in [0.2, 0.25) is 5.91 Å². The van der Waals surface area contributed by atoms with Crippen molar-refractivity contribution in [2.24, 2.45) is 0 Å². The average Bonchev–Trinajstić information content (AvgIpc) is 3.43. The Morgan fingerprint density at radius 3 is 2.66 bits per heavy atom. The molecule has 1 N–H and O–H groups in total. The van der Waals surface area contributed by atoms with Crippen LogP contribution in [0.15, 0.2) is 59.1 Å². The molecule has 8 heteroatoms. The molecule has 2 aromatic heterocycles. The smallest absolute Gasteiger partial charge is 0.287 e. The average molecular weight is 442 g/mol. The van der Waals surface area contributed by atoms with E-state index in [2.05, 4.69) is 5.32 Å². The quantitative estimate of drug-likeness (QED) is 0.493. The summed E-state index contributed by atoms with van der Waals surface area (Å²) in [4.78, 5) is 26.4. The number of hydrogen-bond donors (Lipinski definition) is 1. The van der Waals surface area contributed by atoms with Crippen LogP contribution in [0.2, 0.25) is 0 Å². The molecule has 0 atom stereocenters. The summed E-state index contributed by atoms with van der Waals surface area (Å²) in [6, 6.07) is 13.2. The number of furan rings is 1. The second-order valence-corrected chi connectivity index (χ2v) is 7.45. The van der Waals surface area contributed by atoms with Crippen LogP contribution in [-0.4, -0.2) is 41.5 Å². The first kappa shape index (κ1) is 23.3. The molecule has 0 aliphatic rings. The summed E-state index contributed by atoms with van der Waals surface area (Å²) < 4.78 is 25.7. The van der Waals surface area contributed by atoms with Crippen molar-refractivity contribution in [2.45, 2.75) is 33.0 Å². The zero-order valence-electron chi connectivity index (χ0n) is 18.3. The van der Waals surface area contributed by atoms with Gasteiger partial charge in [0.25, 0.3) is 5.91 Å². The highest BCUT2D eigenvalue weighted by Crippen LogP contribution is 2.14. The van der Waals surface area contributed by atoms with Crippen molar-refractivity contribution in [2.75, 3.05) is 20.3 Å². The summed E-state index contributed by atoms with van der Waals surface area (Å²) >= 11 is 0. The van der Waals surface area contributed by atoms with Crippen molar-refractivity contribution < 1.29 is 23.1 Å². The molecule has 0 fully saturated rings. The predicted octanol–water partition coefficient (Wildman–Crippen LogP) is 3.58. The second-order valence-electron chi connectivity index (χ2n) is 7.45. The Hall–Kier alpha value is -3.39.